The number of anilines is 1. The van der Waals surface area contributed by atoms with Gasteiger partial charge in [-0.25, -0.2) is 9.97 Å². The van der Waals surface area contributed by atoms with Crippen molar-refractivity contribution in [2.24, 2.45) is 0 Å². The van der Waals surface area contributed by atoms with Crippen molar-refractivity contribution in [2.45, 2.75) is 12.8 Å². The molecule has 4 heteroatoms. The quantitative estimate of drug-likeness (QED) is 0.937. The molecule has 0 aliphatic rings. The van der Waals surface area contributed by atoms with Crippen LogP contribution in [-0.4, -0.2) is 16.5 Å². The molecular weight excluding hydrogens is 278 g/mol. The molecule has 1 heterocycles. The Kier molecular flexibility index (Phi) is 4.09. The van der Waals surface area contributed by atoms with Gasteiger partial charge in [0.15, 0.2) is 0 Å². The van der Waals surface area contributed by atoms with Crippen LogP contribution in [0.15, 0.2) is 47.3 Å². The molecular formula is C13H14BrN3. The molecule has 17 heavy (non-hydrogen) atoms. The molecule has 1 aromatic carbocycles. The molecule has 0 saturated heterocycles. The van der Waals surface area contributed by atoms with Crippen LogP contribution < -0.4 is 5.32 Å². The molecule has 0 aliphatic carbocycles. The van der Waals surface area contributed by atoms with Crippen molar-refractivity contribution < 1.29 is 0 Å². The van der Waals surface area contributed by atoms with E-state index in [4.69, 9.17) is 0 Å². The fourth-order valence-electron chi connectivity index (χ4n) is 1.59. The van der Waals surface area contributed by atoms with Gasteiger partial charge in [-0.2, -0.15) is 0 Å². The second-order valence-corrected chi connectivity index (χ2v) is 4.77. The summed E-state index contributed by atoms with van der Waals surface area (Å²) in [6.07, 6.45) is 3.28. The SMILES string of the molecule is CC(CNc1ncncc1Br)c1ccccc1. The van der Waals surface area contributed by atoms with Crippen molar-refractivity contribution in [2.75, 3.05) is 11.9 Å². The average molecular weight is 292 g/mol. The fourth-order valence-corrected chi connectivity index (χ4v) is 1.95. The summed E-state index contributed by atoms with van der Waals surface area (Å²) in [6.45, 7) is 3.04. The zero-order valence-corrected chi connectivity index (χ0v) is 11.2. The Balaban J connectivity index is 1.97. The van der Waals surface area contributed by atoms with E-state index in [-0.39, 0.29) is 0 Å². The van der Waals surface area contributed by atoms with Gasteiger partial charge in [-0.15, -0.1) is 0 Å². The second-order valence-electron chi connectivity index (χ2n) is 3.91. The standard InChI is InChI=1S/C13H14BrN3/c1-10(11-5-3-2-4-6-11)7-16-13-12(14)8-15-9-17-13/h2-6,8-10H,7H2,1H3,(H,15,16,17). The molecule has 0 amide bonds. The van der Waals surface area contributed by atoms with Crippen LogP contribution in [0.25, 0.3) is 0 Å². The van der Waals surface area contributed by atoms with Crippen LogP contribution in [0.3, 0.4) is 0 Å². The minimum atomic E-state index is 0.443. The molecule has 0 bridgehead atoms. The van der Waals surface area contributed by atoms with Crippen LogP contribution in [0.1, 0.15) is 18.4 Å². The summed E-state index contributed by atoms with van der Waals surface area (Å²) in [5, 5.41) is 3.31. The summed E-state index contributed by atoms with van der Waals surface area (Å²) in [6, 6.07) is 10.4. The van der Waals surface area contributed by atoms with Gasteiger partial charge in [-0.05, 0) is 27.4 Å². The highest BCUT2D eigenvalue weighted by Gasteiger charge is 2.06. The maximum absolute atomic E-state index is 4.17. The molecule has 0 spiro atoms. The number of halogens is 1. The number of hydrogen-bond donors (Lipinski definition) is 1. The molecule has 0 radical (unpaired) electrons. The lowest BCUT2D eigenvalue weighted by atomic mass is 10.0. The normalized spacial score (nSPS) is 12.1. The van der Waals surface area contributed by atoms with Crippen molar-refractivity contribution >= 4 is 21.7 Å². The molecule has 1 atom stereocenters. The molecule has 1 unspecified atom stereocenters. The third kappa shape index (κ3) is 3.27. The number of nitrogens with one attached hydrogen (secondary N) is 1. The van der Waals surface area contributed by atoms with Crippen molar-refractivity contribution in [3.63, 3.8) is 0 Å². The van der Waals surface area contributed by atoms with E-state index in [2.05, 4.69) is 62.4 Å². The molecule has 0 saturated carbocycles. The highest BCUT2D eigenvalue weighted by molar-refractivity contribution is 9.10. The maximum Gasteiger partial charge on any atom is 0.143 e. The summed E-state index contributed by atoms with van der Waals surface area (Å²) in [7, 11) is 0. The number of rotatable bonds is 4. The second kappa shape index (κ2) is 5.77. The molecule has 1 N–H and O–H groups in total. The van der Waals surface area contributed by atoms with Gasteiger partial charge in [0.05, 0.1) is 4.47 Å². The Labute approximate surface area is 109 Å². The zero-order valence-electron chi connectivity index (χ0n) is 9.60. The van der Waals surface area contributed by atoms with E-state index in [0.717, 1.165) is 16.8 Å². The van der Waals surface area contributed by atoms with E-state index in [9.17, 15) is 0 Å². The minimum Gasteiger partial charge on any atom is -0.368 e. The lowest BCUT2D eigenvalue weighted by Gasteiger charge is -2.13. The van der Waals surface area contributed by atoms with Crippen molar-refractivity contribution in [3.05, 3.63) is 52.9 Å². The van der Waals surface area contributed by atoms with E-state index < -0.39 is 0 Å². The highest BCUT2D eigenvalue weighted by atomic mass is 79.9. The predicted octanol–water partition coefficient (Wildman–Crippen LogP) is 3.45. The van der Waals surface area contributed by atoms with Crippen molar-refractivity contribution in [1.29, 1.82) is 0 Å². The first-order chi connectivity index (χ1) is 8.27. The van der Waals surface area contributed by atoms with Crippen molar-refractivity contribution in [3.8, 4) is 0 Å². The lowest BCUT2D eigenvalue weighted by molar-refractivity contribution is 0.800. The third-order valence-electron chi connectivity index (χ3n) is 2.61. The van der Waals surface area contributed by atoms with Gasteiger partial charge in [-0.1, -0.05) is 37.3 Å². The number of hydrogen-bond acceptors (Lipinski definition) is 3. The number of benzene rings is 1. The summed E-state index contributed by atoms with van der Waals surface area (Å²) in [4.78, 5) is 8.11. The maximum atomic E-state index is 4.17. The van der Waals surface area contributed by atoms with E-state index in [1.54, 1.807) is 12.5 Å². The molecule has 0 aliphatic heterocycles. The molecule has 0 fully saturated rings. The van der Waals surface area contributed by atoms with Gasteiger partial charge in [0, 0.05) is 12.7 Å². The van der Waals surface area contributed by atoms with Gasteiger partial charge in [0.25, 0.3) is 0 Å². The summed E-state index contributed by atoms with van der Waals surface area (Å²) in [5.41, 5.74) is 1.32. The third-order valence-corrected chi connectivity index (χ3v) is 3.19. The first-order valence-corrected chi connectivity index (χ1v) is 6.31. The smallest absolute Gasteiger partial charge is 0.143 e. The topological polar surface area (TPSA) is 37.8 Å². The predicted molar refractivity (Wildman–Crippen MR) is 73.1 cm³/mol. The molecule has 2 aromatic rings. The van der Waals surface area contributed by atoms with Gasteiger partial charge in [0.2, 0.25) is 0 Å². The van der Waals surface area contributed by atoms with Gasteiger partial charge in [-0.3, -0.25) is 0 Å². The van der Waals surface area contributed by atoms with Crippen LogP contribution in [0, 0.1) is 0 Å². The zero-order chi connectivity index (χ0) is 12.1. The Bertz CT molecular complexity index is 473. The van der Waals surface area contributed by atoms with Crippen molar-refractivity contribution in [1.82, 2.24) is 9.97 Å². The molecule has 2 rings (SSSR count). The molecule has 88 valence electrons. The minimum absolute atomic E-state index is 0.443. The van der Waals surface area contributed by atoms with Gasteiger partial charge < -0.3 is 5.32 Å². The first kappa shape index (κ1) is 12.0. The molecule has 1 aromatic heterocycles. The Morgan fingerprint density at radius 3 is 2.76 bits per heavy atom. The van der Waals surface area contributed by atoms with Crippen LogP contribution in [0.4, 0.5) is 5.82 Å². The number of aromatic nitrogens is 2. The summed E-state index contributed by atoms with van der Waals surface area (Å²) >= 11 is 3.42. The van der Waals surface area contributed by atoms with E-state index >= 15 is 0 Å². The Morgan fingerprint density at radius 1 is 1.29 bits per heavy atom. The average Bonchev–Trinajstić information content (AvgIpc) is 2.38. The van der Waals surface area contributed by atoms with Crippen LogP contribution in [0.5, 0.6) is 0 Å². The Morgan fingerprint density at radius 2 is 2.06 bits per heavy atom. The van der Waals surface area contributed by atoms with Crippen LogP contribution >= 0.6 is 15.9 Å². The highest BCUT2D eigenvalue weighted by Crippen LogP contribution is 2.19. The summed E-state index contributed by atoms with van der Waals surface area (Å²) < 4.78 is 0.889. The first-order valence-electron chi connectivity index (χ1n) is 5.51. The van der Waals surface area contributed by atoms with Gasteiger partial charge in [0.1, 0.15) is 12.1 Å². The monoisotopic (exact) mass is 291 g/mol. The van der Waals surface area contributed by atoms with E-state index in [1.165, 1.54) is 5.56 Å². The van der Waals surface area contributed by atoms with E-state index in [0.29, 0.717) is 5.92 Å². The largest absolute Gasteiger partial charge is 0.368 e. The van der Waals surface area contributed by atoms with E-state index in [1.807, 2.05) is 6.07 Å². The number of nitrogens with zero attached hydrogens (tertiary/aromatic N) is 2. The Hall–Kier alpha value is -1.42. The summed E-state index contributed by atoms with van der Waals surface area (Å²) in [5.74, 6) is 1.28. The van der Waals surface area contributed by atoms with Crippen LogP contribution in [0.2, 0.25) is 0 Å². The van der Waals surface area contributed by atoms with Gasteiger partial charge >= 0.3 is 0 Å². The molecule has 3 nitrogen and oxygen atoms in total. The fraction of sp³-hybridized carbons (Fsp3) is 0.231. The lowest BCUT2D eigenvalue weighted by Crippen LogP contribution is -2.11. The van der Waals surface area contributed by atoms with Crippen LogP contribution in [-0.2, 0) is 0 Å².